The molecule has 0 aliphatic carbocycles. The van der Waals surface area contributed by atoms with Crippen LogP contribution in [0.2, 0.25) is 0 Å². The van der Waals surface area contributed by atoms with Crippen LogP contribution in [0.4, 0.5) is 15.8 Å². The van der Waals surface area contributed by atoms with Gasteiger partial charge in [-0.15, -0.1) is 0 Å². The molecule has 0 fully saturated rings. The second-order valence-electron chi connectivity index (χ2n) is 4.56. The van der Waals surface area contributed by atoms with Crippen molar-refractivity contribution in [3.05, 3.63) is 34.1 Å². The smallest absolute Gasteiger partial charge is 0.272 e. The predicted molar refractivity (Wildman–Crippen MR) is 67.2 cm³/mol. The molecule has 0 atom stereocenters. The first-order valence-electron chi connectivity index (χ1n) is 5.59. The maximum atomic E-state index is 13.5. The van der Waals surface area contributed by atoms with E-state index in [4.69, 9.17) is 4.74 Å². The van der Waals surface area contributed by atoms with Gasteiger partial charge in [0.15, 0.2) is 5.82 Å². The molecule has 5 nitrogen and oxygen atoms in total. The van der Waals surface area contributed by atoms with Crippen LogP contribution in [0.1, 0.15) is 20.3 Å². The van der Waals surface area contributed by atoms with E-state index in [-0.39, 0.29) is 17.0 Å². The van der Waals surface area contributed by atoms with Crippen LogP contribution in [-0.2, 0) is 4.74 Å². The van der Waals surface area contributed by atoms with Crippen LogP contribution >= 0.6 is 0 Å². The number of benzene rings is 1. The third kappa shape index (κ3) is 3.96. The number of ether oxygens (including phenoxy) is 1. The lowest BCUT2D eigenvalue weighted by atomic mass is 10.1. The Morgan fingerprint density at radius 1 is 1.50 bits per heavy atom. The van der Waals surface area contributed by atoms with Gasteiger partial charge in [0.1, 0.15) is 0 Å². The predicted octanol–water partition coefficient (Wildman–Crippen LogP) is 2.96. The van der Waals surface area contributed by atoms with Gasteiger partial charge >= 0.3 is 0 Å². The first-order valence-corrected chi connectivity index (χ1v) is 5.59. The van der Waals surface area contributed by atoms with E-state index in [2.05, 4.69) is 5.32 Å². The van der Waals surface area contributed by atoms with Gasteiger partial charge in [-0.2, -0.15) is 0 Å². The van der Waals surface area contributed by atoms with E-state index in [1.807, 2.05) is 13.8 Å². The van der Waals surface area contributed by atoms with Gasteiger partial charge in [0.25, 0.3) is 5.69 Å². The number of nitro benzene ring substituents is 1. The molecule has 6 heteroatoms. The maximum absolute atomic E-state index is 13.5. The van der Waals surface area contributed by atoms with Crippen LogP contribution in [-0.4, -0.2) is 24.2 Å². The molecule has 1 aromatic carbocycles. The maximum Gasteiger partial charge on any atom is 0.272 e. The number of halogens is 1. The minimum atomic E-state index is -0.626. The molecule has 18 heavy (non-hydrogen) atoms. The zero-order valence-electron chi connectivity index (χ0n) is 10.7. The summed E-state index contributed by atoms with van der Waals surface area (Å²) in [7, 11) is 1.62. The second kappa shape index (κ2) is 5.77. The number of hydrogen-bond donors (Lipinski definition) is 1. The lowest BCUT2D eigenvalue weighted by Gasteiger charge is -2.23. The van der Waals surface area contributed by atoms with Crippen molar-refractivity contribution in [2.45, 2.75) is 25.9 Å². The molecule has 0 spiro atoms. The molecule has 0 bridgehead atoms. The van der Waals surface area contributed by atoms with E-state index < -0.39 is 10.7 Å². The van der Waals surface area contributed by atoms with Gasteiger partial charge < -0.3 is 10.1 Å². The van der Waals surface area contributed by atoms with Gasteiger partial charge in [-0.1, -0.05) is 0 Å². The van der Waals surface area contributed by atoms with Gasteiger partial charge in [0, 0.05) is 19.7 Å². The number of rotatable bonds is 6. The van der Waals surface area contributed by atoms with Crippen molar-refractivity contribution in [2.75, 3.05) is 19.0 Å². The highest BCUT2D eigenvalue weighted by Crippen LogP contribution is 2.21. The third-order valence-corrected chi connectivity index (χ3v) is 2.76. The lowest BCUT2D eigenvalue weighted by Crippen LogP contribution is -2.25. The zero-order valence-corrected chi connectivity index (χ0v) is 10.7. The van der Waals surface area contributed by atoms with Crippen molar-refractivity contribution >= 4 is 11.4 Å². The summed E-state index contributed by atoms with van der Waals surface area (Å²) < 4.78 is 18.7. The van der Waals surface area contributed by atoms with Crippen LogP contribution in [0, 0.1) is 15.9 Å². The van der Waals surface area contributed by atoms with Crippen molar-refractivity contribution in [3.63, 3.8) is 0 Å². The number of nitrogens with one attached hydrogen (secondary N) is 1. The summed E-state index contributed by atoms with van der Waals surface area (Å²) in [5.74, 6) is -0.626. The number of nitro groups is 1. The molecule has 1 aromatic rings. The Kier molecular flexibility index (Phi) is 4.61. The third-order valence-electron chi connectivity index (χ3n) is 2.76. The lowest BCUT2D eigenvalue weighted by molar-refractivity contribution is -0.385. The molecule has 0 amide bonds. The fourth-order valence-corrected chi connectivity index (χ4v) is 1.36. The minimum absolute atomic E-state index is 0.254. The fourth-order valence-electron chi connectivity index (χ4n) is 1.36. The monoisotopic (exact) mass is 256 g/mol. The van der Waals surface area contributed by atoms with Gasteiger partial charge in [-0.3, -0.25) is 10.1 Å². The number of anilines is 1. The topological polar surface area (TPSA) is 64.4 Å². The fraction of sp³-hybridized carbons (Fsp3) is 0.500. The van der Waals surface area contributed by atoms with Crippen molar-refractivity contribution in [3.8, 4) is 0 Å². The Hall–Kier alpha value is -1.69. The summed E-state index contributed by atoms with van der Waals surface area (Å²) in [6.07, 6.45) is 0.694. The highest BCUT2D eigenvalue weighted by atomic mass is 19.1. The number of non-ortho nitro benzene ring substituents is 1. The number of nitrogens with zero attached hydrogens (tertiary/aromatic N) is 1. The standard InChI is InChI=1S/C12H17FN2O3/c1-12(2,18-3)6-7-14-11-5-4-9(15(16)17)8-10(11)13/h4-5,8,14H,6-7H2,1-3H3. The quantitative estimate of drug-likeness (QED) is 0.627. The van der Waals surface area contributed by atoms with E-state index in [1.165, 1.54) is 12.1 Å². The summed E-state index contributed by atoms with van der Waals surface area (Å²) in [6.45, 7) is 4.39. The van der Waals surface area contributed by atoms with Crippen molar-refractivity contribution in [1.82, 2.24) is 0 Å². The molecule has 100 valence electrons. The zero-order chi connectivity index (χ0) is 13.8. The Morgan fingerprint density at radius 2 is 2.17 bits per heavy atom. The van der Waals surface area contributed by atoms with Crippen molar-refractivity contribution in [2.24, 2.45) is 0 Å². The van der Waals surface area contributed by atoms with Crippen molar-refractivity contribution < 1.29 is 14.1 Å². The van der Waals surface area contributed by atoms with E-state index in [0.717, 1.165) is 6.07 Å². The Balaban J connectivity index is 2.61. The van der Waals surface area contributed by atoms with Gasteiger partial charge in [-0.25, -0.2) is 4.39 Å². The first kappa shape index (κ1) is 14.4. The Bertz CT molecular complexity index is 435. The molecule has 0 aromatic heterocycles. The summed E-state index contributed by atoms with van der Waals surface area (Å²) in [6, 6.07) is 3.55. The van der Waals surface area contributed by atoms with E-state index in [9.17, 15) is 14.5 Å². The molecule has 0 heterocycles. The summed E-state index contributed by atoms with van der Waals surface area (Å²) >= 11 is 0. The Morgan fingerprint density at radius 3 is 2.67 bits per heavy atom. The normalized spacial score (nSPS) is 11.3. The van der Waals surface area contributed by atoms with Gasteiger partial charge in [-0.05, 0) is 26.3 Å². The van der Waals surface area contributed by atoms with Crippen LogP contribution in [0.15, 0.2) is 18.2 Å². The first-order chi connectivity index (χ1) is 8.35. The summed E-state index contributed by atoms with van der Waals surface area (Å²) in [4.78, 5) is 9.83. The average molecular weight is 256 g/mol. The van der Waals surface area contributed by atoms with Gasteiger partial charge in [0.05, 0.1) is 22.3 Å². The average Bonchev–Trinajstić information content (AvgIpc) is 2.31. The highest BCUT2D eigenvalue weighted by Gasteiger charge is 2.16. The molecule has 1 rings (SSSR count). The molecular weight excluding hydrogens is 239 g/mol. The number of hydrogen-bond acceptors (Lipinski definition) is 4. The molecule has 0 saturated heterocycles. The van der Waals surface area contributed by atoms with Crippen LogP contribution in [0.3, 0.4) is 0 Å². The van der Waals surface area contributed by atoms with Crippen molar-refractivity contribution in [1.29, 1.82) is 0 Å². The number of methoxy groups -OCH3 is 1. The van der Waals surface area contributed by atoms with E-state index in [0.29, 0.717) is 13.0 Å². The molecule has 0 aliphatic rings. The summed E-state index contributed by atoms with van der Waals surface area (Å²) in [5, 5.41) is 13.3. The van der Waals surface area contributed by atoms with E-state index in [1.54, 1.807) is 7.11 Å². The molecular formula is C12H17FN2O3. The minimum Gasteiger partial charge on any atom is -0.383 e. The van der Waals surface area contributed by atoms with E-state index >= 15 is 0 Å². The second-order valence-corrected chi connectivity index (χ2v) is 4.56. The molecule has 0 aliphatic heterocycles. The molecule has 0 radical (unpaired) electrons. The van der Waals surface area contributed by atoms with Gasteiger partial charge in [0.2, 0.25) is 0 Å². The largest absolute Gasteiger partial charge is 0.383 e. The molecule has 0 unspecified atom stereocenters. The molecule has 1 N–H and O–H groups in total. The summed E-state index contributed by atoms with van der Waals surface area (Å²) in [5.41, 5.74) is -0.285. The van der Waals surface area contributed by atoms with Crippen LogP contribution in [0.25, 0.3) is 0 Å². The molecule has 0 saturated carbocycles. The highest BCUT2D eigenvalue weighted by molar-refractivity contribution is 5.50. The Labute approximate surface area is 105 Å². The van der Waals surface area contributed by atoms with Crippen LogP contribution < -0.4 is 5.32 Å². The van der Waals surface area contributed by atoms with Crippen LogP contribution in [0.5, 0.6) is 0 Å². The SMILES string of the molecule is COC(C)(C)CCNc1ccc([N+](=O)[O-])cc1F.